The Hall–Kier alpha value is -4.70. The SMILES string of the molecule is COc1ccc(S(=O)(=O)N(CC(=O)N(Cc2ccc(F)cc2)[C@@H](Cc2ccccc2)C(=O)NC(C)(C)C)c2ccc(C)cc2)cc1. The van der Waals surface area contributed by atoms with E-state index in [1.54, 1.807) is 36.4 Å². The lowest BCUT2D eigenvalue weighted by Gasteiger charge is -2.35. The minimum atomic E-state index is -4.25. The molecule has 2 amide bonds. The van der Waals surface area contributed by atoms with Gasteiger partial charge in [0.2, 0.25) is 11.8 Å². The Balaban J connectivity index is 1.81. The maximum absolute atomic E-state index is 14.5. The second-order valence-electron chi connectivity index (χ2n) is 12.1. The zero-order valence-corrected chi connectivity index (χ0v) is 27.6. The summed E-state index contributed by atoms with van der Waals surface area (Å²) >= 11 is 0. The number of nitrogens with one attached hydrogen (secondary N) is 1. The molecule has 10 heteroatoms. The standard InChI is InChI=1S/C36H40FN3O5S/c1-26-11-17-30(18-12-26)40(46(43,44)32-21-19-31(45-5)20-22-32)25-34(41)39(24-28-13-15-29(37)16-14-28)33(35(42)38-36(2,3)4)23-27-9-7-6-8-10-27/h6-22,33H,23-25H2,1-5H3,(H,38,42)/t33-/m0/s1. The lowest BCUT2D eigenvalue weighted by atomic mass is 10.0. The van der Waals surface area contributed by atoms with Crippen molar-refractivity contribution in [2.24, 2.45) is 0 Å². The molecular weight excluding hydrogens is 605 g/mol. The Kier molecular flexibility index (Phi) is 10.8. The first kappa shape index (κ1) is 34.2. The van der Waals surface area contributed by atoms with Crippen LogP contribution in [0.3, 0.4) is 0 Å². The van der Waals surface area contributed by atoms with Crippen molar-refractivity contribution in [2.75, 3.05) is 18.0 Å². The molecule has 0 saturated heterocycles. The molecule has 242 valence electrons. The number of methoxy groups -OCH3 is 1. The van der Waals surface area contributed by atoms with Gasteiger partial charge in [-0.15, -0.1) is 0 Å². The van der Waals surface area contributed by atoms with Crippen molar-refractivity contribution >= 4 is 27.5 Å². The number of anilines is 1. The highest BCUT2D eigenvalue weighted by Gasteiger charge is 2.35. The van der Waals surface area contributed by atoms with Crippen molar-refractivity contribution in [1.82, 2.24) is 10.2 Å². The third-order valence-corrected chi connectivity index (χ3v) is 9.07. The van der Waals surface area contributed by atoms with Crippen LogP contribution in [0.25, 0.3) is 0 Å². The molecule has 1 N–H and O–H groups in total. The smallest absolute Gasteiger partial charge is 0.264 e. The summed E-state index contributed by atoms with van der Waals surface area (Å²) in [7, 11) is -2.77. The fourth-order valence-corrected chi connectivity index (χ4v) is 6.32. The number of carbonyl (C=O) groups is 2. The summed E-state index contributed by atoms with van der Waals surface area (Å²) in [5.74, 6) is -0.959. The summed E-state index contributed by atoms with van der Waals surface area (Å²) in [5.41, 5.74) is 1.99. The number of carbonyl (C=O) groups excluding carboxylic acids is 2. The van der Waals surface area contributed by atoms with Crippen molar-refractivity contribution in [3.8, 4) is 5.75 Å². The second kappa shape index (κ2) is 14.6. The highest BCUT2D eigenvalue weighted by Crippen LogP contribution is 2.27. The highest BCUT2D eigenvalue weighted by molar-refractivity contribution is 7.92. The molecule has 0 heterocycles. The van der Waals surface area contributed by atoms with Crippen LogP contribution in [0.2, 0.25) is 0 Å². The number of amides is 2. The quantitative estimate of drug-likeness (QED) is 0.207. The van der Waals surface area contributed by atoms with Gasteiger partial charge in [0.25, 0.3) is 10.0 Å². The Labute approximate surface area is 270 Å². The van der Waals surface area contributed by atoms with Gasteiger partial charge in [0.1, 0.15) is 24.2 Å². The molecule has 0 aromatic heterocycles. The van der Waals surface area contributed by atoms with Crippen molar-refractivity contribution in [2.45, 2.75) is 57.1 Å². The zero-order chi connectivity index (χ0) is 33.5. The van der Waals surface area contributed by atoms with Crippen LogP contribution < -0.4 is 14.4 Å². The molecule has 1 atom stereocenters. The minimum Gasteiger partial charge on any atom is -0.497 e. The summed E-state index contributed by atoms with van der Waals surface area (Å²) in [6, 6.07) is 26.7. The molecule has 0 spiro atoms. The zero-order valence-electron chi connectivity index (χ0n) is 26.7. The molecule has 4 aromatic carbocycles. The number of benzene rings is 4. The van der Waals surface area contributed by atoms with Crippen LogP contribution >= 0.6 is 0 Å². The van der Waals surface area contributed by atoms with E-state index >= 15 is 0 Å². The minimum absolute atomic E-state index is 0.0296. The average Bonchev–Trinajstić information content (AvgIpc) is 3.02. The number of halogens is 1. The predicted octanol–water partition coefficient (Wildman–Crippen LogP) is 5.89. The third-order valence-electron chi connectivity index (χ3n) is 7.28. The van der Waals surface area contributed by atoms with E-state index < -0.39 is 45.8 Å². The average molecular weight is 646 g/mol. The number of hydrogen-bond acceptors (Lipinski definition) is 5. The molecule has 0 aliphatic rings. The summed E-state index contributed by atoms with van der Waals surface area (Å²) in [5, 5.41) is 2.99. The fourth-order valence-electron chi connectivity index (χ4n) is 4.91. The molecule has 0 saturated carbocycles. The lowest BCUT2D eigenvalue weighted by Crippen LogP contribution is -2.56. The van der Waals surface area contributed by atoms with Crippen molar-refractivity contribution < 1.29 is 27.1 Å². The van der Waals surface area contributed by atoms with Gasteiger partial charge in [-0.2, -0.15) is 0 Å². The second-order valence-corrected chi connectivity index (χ2v) is 14.0. The van der Waals surface area contributed by atoms with Crippen LogP contribution in [0.5, 0.6) is 5.75 Å². The third kappa shape index (κ3) is 8.94. The van der Waals surface area contributed by atoms with Gasteiger partial charge in [-0.05, 0) is 87.4 Å². The number of sulfonamides is 1. The topological polar surface area (TPSA) is 96.0 Å². The molecule has 4 rings (SSSR count). The number of ether oxygens (including phenoxy) is 1. The summed E-state index contributed by atoms with van der Waals surface area (Å²) in [6.07, 6.45) is 0.172. The maximum Gasteiger partial charge on any atom is 0.264 e. The van der Waals surface area contributed by atoms with E-state index in [9.17, 15) is 22.4 Å². The van der Waals surface area contributed by atoms with E-state index in [-0.39, 0.29) is 23.5 Å². The van der Waals surface area contributed by atoms with E-state index in [1.807, 2.05) is 58.0 Å². The first-order valence-corrected chi connectivity index (χ1v) is 16.3. The van der Waals surface area contributed by atoms with E-state index in [4.69, 9.17) is 4.74 Å². The normalized spacial score (nSPS) is 12.2. The van der Waals surface area contributed by atoms with Crippen molar-refractivity contribution in [3.63, 3.8) is 0 Å². The first-order chi connectivity index (χ1) is 21.8. The Morgan fingerprint density at radius 3 is 2.02 bits per heavy atom. The molecule has 4 aromatic rings. The van der Waals surface area contributed by atoms with Gasteiger partial charge in [-0.3, -0.25) is 13.9 Å². The van der Waals surface area contributed by atoms with Gasteiger partial charge in [-0.1, -0.05) is 60.2 Å². The fraction of sp³-hybridized carbons (Fsp3) is 0.278. The van der Waals surface area contributed by atoms with E-state index in [0.717, 1.165) is 15.4 Å². The van der Waals surface area contributed by atoms with Crippen LogP contribution in [0.4, 0.5) is 10.1 Å². The number of rotatable bonds is 12. The van der Waals surface area contributed by atoms with Crippen LogP contribution in [0.1, 0.15) is 37.5 Å². The molecule has 0 aliphatic carbocycles. The highest BCUT2D eigenvalue weighted by atomic mass is 32.2. The van der Waals surface area contributed by atoms with E-state index in [2.05, 4.69) is 5.32 Å². The largest absolute Gasteiger partial charge is 0.497 e. The molecule has 0 unspecified atom stereocenters. The van der Waals surface area contributed by atoms with Gasteiger partial charge in [0.15, 0.2) is 0 Å². The molecular formula is C36H40FN3O5S. The van der Waals surface area contributed by atoms with E-state index in [1.165, 1.54) is 48.4 Å². The summed E-state index contributed by atoms with van der Waals surface area (Å²) < 4.78 is 48.4. The van der Waals surface area contributed by atoms with Gasteiger partial charge < -0.3 is 15.0 Å². The van der Waals surface area contributed by atoms with Gasteiger partial charge >= 0.3 is 0 Å². The molecule has 0 fully saturated rings. The Bertz CT molecular complexity index is 1720. The van der Waals surface area contributed by atoms with Crippen LogP contribution in [0.15, 0.2) is 108 Å². The number of nitrogens with zero attached hydrogens (tertiary/aromatic N) is 2. The van der Waals surface area contributed by atoms with Crippen LogP contribution in [-0.2, 0) is 32.6 Å². The monoisotopic (exact) mass is 645 g/mol. The summed E-state index contributed by atoms with van der Waals surface area (Å²) in [6.45, 7) is 6.76. The molecule has 46 heavy (non-hydrogen) atoms. The molecule has 8 nitrogen and oxygen atoms in total. The van der Waals surface area contributed by atoms with Crippen LogP contribution in [0, 0.1) is 12.7 Å². The van der Waals surface area contributed by atoms with Crippen LogP contribution in [-0.4, -0.2) is 50.4 Å². The Morgan fingerprint density at radius 1 is 0.848 bits per heavy atom. The van der Waals surface area contributed by atoms with Gasteiger partial charge in [0.05, 0.1) is 17.7 Å². The number of aryl methyl sites for hydroxylation is 1. The predicted molar refractivity (Wildman–Crippen MR) is 177 cm³/mol. The molecule has 0 aliphatic heterocycles. The Morgan fingerprint density at radius 2 is 1.46 bits per heavy atom. The maximum atomic E-state index is 14.5. The molecule has 0 radical (unpaired) electrons. The first-order valence-electron chi connectivity index (χ1n) is 14.9. The number of hydrogen-bond donors (Lipinski definition) is 1. The van der Waals surface area contributed by atoms with Crippen molar-refractivity contribution in [3.05, 3.63) is 126 Å². The molecule has 0 bridgehead atoms. The lowest BCUT2D eigenvalue weighted by molar-refractivity contribution is -0.140. The van der Waals surface area contributed by atoms with E-state index in [0.29, 0.717) is 11.3 Å². The van der Waals surface area contributed by atoms with Gasteiger partial charge in [0, 0.05) is 18.5 Å². The van der Waals surface area contributed by atoms with Gasteiger partial charge in [-0.25, -0.2) is 12.8 Å². The van der Waals surface area contributed by atoms with Crippen molar-refractivity contribution in [1.29, 1.82) is 0 Å². The summed E-state index contributed by atoms with van der Waals surface area (Å²) in [4.78, 5) is 29.8.